The van der Waals surface area contributed by atoms with Crippen LogP contribution in [0.15, 0.2) is 46.7 Å². The van der Waals surface area contributed by atoms with Crippen molar-refractivity contribution in [1.29, 1.82) is 0 Å². The monoisotopic (exact) mass is 461 g/mol. The summed E-state index contributed by atoms with van der Waals surface area (Å²) in [5, 5.41) is 1.91. The first-order chi connectivity index (χ1) is 15.0. The normalized spacial score (nSPS) is 18.9. The van der Waals surface area contributed by atoms with E-state index in [2.05, 4.69) is 9.62 Å². The van der Waals surface area contributed by atoms with Crippen molar-refractivity contribution >= 4 is 27.3 Å². The predicted molar refractivity (Wildman–Crippen MR) is 124 cm³/mol. The van der Waals surface area contributed by atoms with Gasteiger partial charge in [0, 0.05) is 49.7 Å². The van der Waals surface area contributed by atoms with E-state index in [0.717, 1.165) is 30.4 Å². The van der Waals surface area contributed by atoms with Crippen molar-refractivity contribution in [1.82, 2.24) is 14.5 Å². The molecule has 1 saturated heterocycles. The zero-order valence-electron chi connectivity index (χ0n) is 17.8. The van der Waals surface area contributed by atoms with Crippen molar-refractivity contribution in [3.63, 3.8) is 0 Å². The summed E-state index contributed by atoms with van der Waals surface area (Å²) in [6.07, 6.45) is 6.74. The summed E-state index contributed by atoms with van der Waals surface area (Å²) in [5.41, 5.74) is 0.430. The van der Waals surface area contributed by atoms with Crippen LogP contribution in [-0.2, 0) is 16.6 Å². The molecular weight excluding hydrogens is 430 g/mol. The first-order valence-electron chi connectivity index (χ1n) is 11.1. The molecule has 1 saturated carbocycles. The second kappa shape index (κ2) is 10.3. The van der Waals surface area contributed by atoms with Gasteiger partial charge in [0.15, 0.2) is 0 Å². The molecule has 0 unspecified atom stereocenters. The Morgan fingerprint density at radius 2 is 1.81 bits per heavy atom. The van der Waals surface area contributed by atoms with Gasteiger partial charge >= 0.3 is 0 Å². The average Bonchev–Trinajstić information content (AvgIpc) is 3.33. The Kier molecular flexibility index (Phi) is 7.43. The van der Waals surface area contributed by atoms with E-state index in [4.69, 9.17) is 0 Å². The summed E-state index contributed by atoms with van der Waals surface area (Å²) >= 11 is 1.50. The number of amides is 1. The maximum Gasteiger partial charge on any atom is 0.253 e. The van der Waals surface area contributed by atoms with Gasteiger partial charge in [-0.3, -0.25) is 9.69 Å². The fraction of sp³-hybridized carbons (Fsp3) is 0.522. The van der Waals surface area contributed by atoms with E-state index in [9.17, 15) is 13.2 Å². The highest BCUT2D eigenvalue weighted by Crippen LogP contribution is 2.25. The van der Waals surface area contributed by atoms with Gasteiger partial charge in [-0.05, 0) is 48.4 Å². The van der Waals surface area contributed by atoms with Gasteiger partial charge in [-0.1, -0.05) is 31.4 Å². The lowest BCUT2D eigenvalue weighted by atomic mass is 9.89. The molecule has 0 bridgehead atoms. The van der Waals surface area contributed by atoms with Crippen LogP contribution >= 0.6 is 11.3 Å². The minimum Gasteiger partial charge on any atom is -0.336 e. The molecule has 0 radical (unpaired) electrons. The number of rotatable bonds is 7. The van der Waals surface area contributed by atoms with Gasteiger partial charge in [-0.2, -0.15) is 0 Å². The maximum atomic E-state index is 13.0. The standard InChI is InChI=1S/C23H31N3O3S2/c27-23(26-13-11-25(12-14-26)18-19-6-2-1-3-7-19)20-8-4-10-22(16-20)31(28,29)24-17-21-9-5-15-30-21/h4-5,8-10,15-16,19,24H,1-3,6-7,11-14,17-18H2. The van der Waals surface area contributed by atoms with Crippen LogP contribution in [0.25, 0.3) is 0 Å². The molecule has 8 heteroatoms. The maximum absolute atomic E-state index is 13.0. The van der Waals surface area contributed by atoms with Crippen molar-refractivity contribution < 1.29 is 13.2 Å². The lowest BCUT2D eigenvalue weighted by Gasteiger charge is -2.37. The second-order valence-electron chi connectivity index (χ2n) is 8.53. The van der Waals surface area contributed by atoms with E-state index >= 15 is 0 Å². The molecular formula is C23H31N3O3S2. The van der Waals surface area contributed by atoms with E-state index in [-0.39, 0.29) is 17.3 Å². The predicted octanol–water partition coefficient (Wildman–Crippen LogP) is 3.56. The molecule has 1 aromatic heterocycles. The third-order valence-corrected chi connectivity index (χ3v) is 8.58. The highest BCUT2D eigenvalue weighted by Gasteiger charge is 2.25. The molecule has 31 heavy (non-hydrogen) atoms. The van der Waals surface area contributed by atoms with E-state index in [1.54, 1.807) is 12.1 Å². The summed E-state index contributed by atoms with van der Waals surface area (Å²) in [6.45, 7) is 4.57. The van der Waals surface area contributed by atoms with Crippen LogP contribution in [0, 0.1) is 5.92 Å². The van der Waals surface area contributed by atoms with Gasteiger partial charge in [-0.15, -0.1) is 11.3 Å². The largest absolute Gasteiger partial charge is 0.336 e. The molecule has 2 fully saturated rings. The number of thiophene rings is 1. The van der Waals surface area contributed by atoms with Gasteiger partial charge in [-0.25, -0.2) is 13.1 Å². The number of carbonyl (C=O) groups excluding carboxylic acids is 1. The first kappa shape index (κ1) is 22.5. The van der Waals surface area contributed by atoms with Crippen molar-refractivity contribution in [2.45, 2.75) is 43.5 Å². The van der Waals surface area contributed by atoms with E-state index in [1.807, 2.05) is 22.4 Å². The summed E-state index contributed by atoms with van der Waals surface area (Å²) < 4.78 is 28.0. The Morgan fingerprint density at radius 1 is 1.03 bits per heavy atom. The van der Waals surface area contributed by atoms with E-state index in [0.29, 0.717) is 18.7 Å². The highest BCUT2D eigenvalue weighted by molar-refractivity contribution is 7.89. The van der Waals surface area contributed by atoms with Crippen LogP contribution in [-0.4, -0.2) is 56.8 Å². The van der Waals surface area contributed by atoms with Crippen LogP contribution < -0.4 is 4.72 Å². The lowest BCUT2D eigenvalue weighted by molar-refractivity contribution is 0.0606. The number of benzene rings is 1. The van der Waals surface area contributed by atoms with Crippen LogP contribution in [0.4, 0.5) is 0 Å². The molecule has 0 spiro atoms. The highest BCUT2D eigenvalue weighted by atomic mass is 32.2. The zero-order valence-corrected chi connectivity index (χ0v) is 19.5. The SMILES string of the molecule is O=C(c1cccc(S(=O)(=O)NCc2cccs2)c1)N1CCN(CC2CCCCC2)CC1. The number of carbonyl (C=O) groups is 1. The third-order valence-electron chi connectivity index (χ3n) is 6.31. The molecule has 2 heterocycles. The molecule has 1 N–H and O–H groups in total. The van der Waals surface area contributed by atoms with E-state index < -0.39 is 10.0 Å². The van der Waals surface area contributed by atoms with Crippen LogP contribution in [0.3, 0.4) is 0 Å². The number of hydrogen-bond acceptors (Lipinski definition) is 5. The quantitative estimate of drug-likeness (QED) is 0.684. The smallest absolute Gasteiger partial charge is 0.253 e. The van der Waals surface area contributed by atoms with Crippen molar-refractivity contribution in [3.8, 4) is 0 Å². The molecule has 1 aromatic carbocycles. The first-order valence-corrected chi connectivity index (χ1v) is 13.5. The fourth-order valence-electron chi connectivity index (χ4n) is 4.51. The van der Waals surface area contributed by atoms with Gasteiger partial charge in [0.05, 0.1) is 4.90 Å². The molecule has 4 rings (SSSR count). The number of piperazine rings is 1. The Morgan fingerprint density at radius 3 is 2.52 bits per heavy atom. The minimum absolute atomic E-state index is 0.0902. The topological polar surface area (TPSA) is 69.7 Å². The van der Waals surface area contributed by atoms with Crippen molar-refractivity contribution in [3.05, 3.63) is 52.2 Å². The molecule has 1 amide bonds. The molecule has 2 aliphatic rings. The molecule has 1 aliphatic carbocycles. The minimum atomic E-state index is -3.67. The Bertz CT molecular complexity index is 962. The van der Waals surface area contributed by atoms with Crippen LogP contribution in [0.1, 0.15) is 47.3 Å². The zero-order chi connectivity index (χ0) is 21.7. The lowest BCUT2D eigenvalue weighted by Crippen LogP contribution is -2.49. The summed E-state index contributed by atoms with van der Waals surface area (Å²) in [4.78, 5) is 18.4. The number of nitrogens with one attached hydrogen (secondary N) is 1. The number of hydrogen-bond donors (Lipinski definition) is 1. The van der Waals surface area contributed by atoms with Crippen LogP contribution in [0.2, 0.25) is 0 Å². The number of sulfonamides is 1. The fourth-order valence-corrected chi connectivity index (χ4v) is 6.30. The summed E-state index contributed by atoms with van der Waals surface area (Å²) in [7, 11) is -3.67. The summed E-state index contributed by atoms with van der Waals surface area (Å²) in [5.74, 6) is 0.715. The van der Waals surface area contributed by atoms with Crippen LogP contribution in [0.5, 0.6) is 0 Å². The van der Waals surface area contributed by atoms with Gasteiger partial charge in [0.25, 0.3) is 5.91 Å². The van der Waals surface area contributed by atoms with Crippen molar-refractivity contribution in [2.75, 3.05) is 32.7 Å². The van der Waals surface area contributed by atoms with E-state index in [1.165, 1.54) is 55.6 Å². The molecule has 2 aromatic rings. The Balaban J connectivity index is 1.33. The van der Waals surface area contributed by atoms with Gasteiger partial charge in [0.2, 0.25) is 10.0 Å². The van der Waals surface area contributed by atoms with Crippen molar-refractivity contribution in [2.24, 2.45) is 5.92 Å². The Labute approximate surface area is 189 Å². The van der Waals surface area contributed by atoms with Gasteiger partial charge in [0.1, 0.15) is 0 Å². The molecule has 6 nitrogen and oxygen atoms in total. The average molecular weight is 462 g/mol. The number of nitrogens with zero attached hydrogens (tertiary/aromatic N) is 2. The Hall–Kier alpha value is -1.74. The third kappa shape index (κ3) is 5.94. The summed E-state index contributed by atoms with van der Waals surface area (Å²) in [6, 6.07) is 10.2. The van der Waals surface area contributed by atoms with Gasteiger partial charge < -0.3 is 4.90 Å². The molecule has 1 aliphatic heterocycles. The molecule has 168 valence electrons. The second-order valence-corrected chi connectivity index (χ2v) is 11.3. The molecule has 0 atom stereocenters.